The van der Waals surface area contributed by atoms with E-state index in [4.69, 9.17) is 0 Å². The van der Waals surface area contributed by atoms with Crippen molar-refractivity contribution in [1.29, 1.82) is 0 Å². The van der Waals surface area contributed by atoms with E-state index in [1.807, 2.05) is 0 Å². The van der Waals surface area contributed by atoms with E-state index in [1.165, 1.54) is 36.4 Å². The third-order valence-electron chi connectivity index (χ3n) is 6.30. The topological polar surface area (TPSA) is 29.5 Å². The highest BCUT2D eigenvalue weighted by Crippen LogP contribution is 2.39. The fraction of sp³-hybridized carbons (Fsp3) is 0.0323. The highest BCUT2D eigenvalue weighted by atomic mass is 19.3. The lowest BCUT2D eigenvalue weighted by Gasteiger charge is -2.20. The standard InChI is InChI=1S/C31H15F9O2/c32-23-9-16(15-1-4-19(41)5-2-15)3-7-21(23)17-10-25(34)29(26(35)11-17)31(39,40)42-20-6-8-22(24(33)14-20)18-12-27(36)30(38)28(37)13-18/h1-14,41H. The number of hydrogen-bond donors (Lipinski definition) is 1. The molecule has 1 N–H and O–H groups in total. The lowest BCUT2D eigenvalue weighted by atomic mass is 9.98. The molecule has 0 aliphatic heterocycles. The number of phenolic OH excluding ortho intramolecular Hbond substituents is 1. The fourth-order valence-electron chi connectivity index (χ4n) is 4.29. The summed E-state index contributed by atoms with van der Waals surface area (Å²) in [6.07, 6.45) is -4.68. The molecule has 5 aromatic rings. The maximum Gasteiger partial charge on any atom is 0.432 e. The van der Waals surface area contributed by atoms with Crippen LogP contribution in [0.4, 0.5) is 39.5 Å². The molecule has 0 aromatic heterocycles. The van der Waals surface area contributed by atoms with Crippen LogP contribution >= 0.6 is 0 Å². The Labute approximate surface area is 231 Å². The number of halogens is 9. The number of alkyl halides is 2. The number of hydrogen-bond acceptors (Lipinski definition) is 2. The van der Waals surface area contributed by atoms with Crippen molar-refractivity contribution in [2.75, 3.05) is 0 Å². The minimum Gasteiger partial charge on any atom is -0.508 e. The molecular formula is C31H15F9O2. The van der Waals surface area contributed by atoms with E-state index in [0.717, 1.165) is 18.2 Å². The Bertz CT molecular complexity index is 1770. The van der Waals surface area contributed by atoms with Gasteiger partial charge in [0.1, 0.15) is 40.3 Å². The molecule has 0 radical (unpaired) electrons. The van der Waals surface area contributed by atoms with Gasteiger partial charge in [-0.15, -0.1) is 0 Å². The van der Waals surface area contributed by atoms with Crippen molar-refractivity contribution in [3.05, 3.63) is 131 Å². The molecule has 0 bridgehead atoms. The molecule has 2 nitrogen and oxygen atoms in total. The van der Waals surface area contributed by atoms with E-state index < -0.39 is 74.8 Å². The van der Waals surface area contributed by atoms with E-state index in [2.05, 4.69) is 4.74 Å². The summed E-state index contributed by atoms with van der Waals surface area (Å²) >= 11 is 0. The van der Waals surface area contributed by atoms with Crippen LogP contribution in [0, 0.1) is 40.7 Å². The third kappa shape index (κ3) is 5.50. The van der Waals surface area contributed by atoms with Crippen molar-refractivity contribution in [3.8, 4) is 44.9 Å². The van der Waals surface area contributed by atoms with E-state index in [0.29, 0.717) is 41.5 Å². The zero-order chi connectivity index (χ0) is 30.3. The molecule has 0 aliphatic rings. The second kappa shape index (κ2) is 10.8. The Kier molecular flexibility index (Phi) is 7.36. The fourth-order valence-corrected chi connectivity index (χ4v) is 4.29. The van der Waals surface area contributed by atoms with Crippen molar-refractivity contribution in [3.63, 3.8) is 0 Å². The second-order valence-corrected chi connectivity index (χ2v) is 9.07. The van der Waals surface area contributed by atoms with E-state index in [9.17, 15) is 44.6 Å². The van der Waals surface area contributed by atoms with Gasteiger partial charge in [-0.3, -0.25) is 0 Å². The van der Waals surface area contributed by atoms with Gasteiger partial charge < -0.3 is 9.84 Å². The monoisotopic (exact) mass is 590 g/mol. The van der Waals surface area contributed by atoms with Gasteiger partial charge in [-0.1, -0.05) is 24.3 Å². The van der Waals surface area contributed by atoms with Crippen LogP contribution in [0.25, 0.3) is 33.4 Å². The smallest absolute Gasteiger partial charge is 0.432 e. The lowest BCUT2D eigenvalue weighted by Crippen LogP contribution is -2.25. The summed E-state index contributed by atoms with van der Waals surface area (Å²) in [6, 6.07) is 13.4. The Morgan fingerprint density at radius 3 is 1.45 bits per heavy atom. The quantitative estimate of drug-likeness (QED) is 0.158. The lowest BCUT2D eigenvalue weighted by molar-refractivity contribution is -0.189. The molecule has 42 heavy (non-hydrogen) atoms. The van der Waals surface area contributed by atoms with E-state index in [1.54, 1.807) is 0 Å². The number of benzene rings is 5. The molecule has 0 heterocycles. The molecule has 0 saturated carbocycles. The summed E-state index contributed by atoms with van der Waals surface area (Å²) in [5.41, 5.74) is -2.56. The molecule has 5 rings (SSSR count). The van der Waals surface area contributed by atoms with Crippen LogP contribution in [0.1, 0.15) is 5.56 Å². The summed E-state index contributed by atoms with van der Waals surface area (Å²) in [5.74, 6) is -11.7. The van der Waals surface area contributed by atoms with Crippen molar-refractivity contribution >= 4 is 0 Å². The van der Waals surface area contributed by atoms with Crippen LogP contribution in [-0.4, -0.2) is 5.11 Å². The van der Waals surface area contributed by atoms with Crippen LogP contribution in [-0.2, 0) is 6.11 Å². The van der Waals surface area contributed by atoms with Gasteiger partial charge in [0.15, 0.2) is 17.5 Å². The van der Waals surface area contributed by atoms with Crippen LogP contribution in [0.2, 0.25) is 0 Å². The zero-order valence-electron chi connectivity index (χ0n) is 20.8. The van der Waals surface area contributed by atoms with Gasteiger partial charge in [0.25, 0.3) is 0 Å². The van der Waals surface area contributed by atoms with Gasteiger partial charge in [-0.2, -0.15) is 8.78 Å². The minimum absolute atomic E-state index is 0.0109. The number of rotatable bonds is 6. The highest BCUT2D eigenvalue weighted by molar-refractivity contribution is 5.72. The Morgan fingerprint density at radius 1 is 0.476 bits per heavy atom. The predicted molar refractivity (Wildman–Crippen MR) is 135 cm³/mol. The van der Waals surface area contributed by atoms with Gasteiger partial charge in [-0.05, 0) is 76.9 Å². The summed E-state index contributed by atoms with van der Waals surface area (Å²) < 4.78 is 134. The highest BCUT2D eigenvalue weighted by Gasteiger charge is 2.41. The van der Waals surface area contributed by atoms with E-state index in [-0.39, 0.29) is 11.3 Å². The summed E-state index contributed by atoms with van der Waals surface area (Å²) in [4.78, 5) is 0. The van der Waals surface area contributed by atoms with Gasteiger partial charge in [0, 0.05) is 17.2 Å². The Morgan fingerprint density at radius 2 is 0.929 bits per heavy atom. The normalized spacial score (nSPS) is 11.5. The molecule has 5 aromatic carbocycles. The van der Waals surface area contributed by atoms with Gasteiger partial charge in [0.05, 0.1) is 0 Å². The average Bonchev–Trinajstić information content (AvgIpc) is 2.91. The predicted octanol–water partition coefficient (Wildman–Crippen LogP) is 9.50. The maximum atomic E-state index is 14.9. The molecule has 0 aliphatic carbocycles. The average molecular weight is 590 g/mol. The van der Waals surface area contributed by atoms with Crippen molar-refractivity contribution in [2.45, 2.75) is 6.11 Å². The first kappa shape index (κ1) is 28.6. The largest absolute Gasteiger partial charge is 0.508 e. The van der Waals surface area contributed by atoms with E-state index >= 15 is 0 Å². The zero-order valence-corrected chi connectivity index (χ0v) is 20.8. The maximum absolute atomic E-state index is 14.9. The molecule has 0 fully saturated rings. The molecule has 0 spiro atoms. The molecule has 0 amide bonds. The van der Waals surface area contributed by atoms with Gasteiger partial charge in [-0.25, -0.2) is 30.7 Å². The van der Waals surface area contributed by atoms with Crippen LogP contribution in [0.15, 0.2) is 84.9 Å². The summed E-state index contributed by atoms with van der Waals surface area (Å²) in [5, 5.41) is 9.40. The summed E-state index contributed by atoms with van der Waals surface area (Å²) in [6.45, 7) is 0. The second-order valence-electron chi connectivity index (χ2n) is 9.07. The molecule has 11 heteroatoms. The molecule has 214 valence electrons. The molecule has 0 saturated heterocycles. The van der Waals surface area contributed by atoms with Crippen LogP contribution < -0.4 is 4.74 Å². The van der Waals surface area contributed by atoms with Gasteiger partial charge >= 0.3 is 6.11 Å². The first-order valence-electron chi connectivity index (χ1n) is 11.9. The number of aromatic hydroxyl groups is 1. The van der Waals surface area contributed by atoms with Crippen molar-refractivity contribution in [1.82, 2.24) is 0 Å². The SMILES string of the molecule is Oc1ccc(-c2ccc(-c3cc(F)c(C(F)(F)Oc4ccc(-c5cc(F)c(F)c(F)c5)c(F)c4)c(F)c3)c(F)c2)cc1. The molecular weight excluding hydrogens is 575 g/mol. The first-order chi connectivity index (χ1) is 19.8. The Balaban J connectivity index is 1.42. The molecule has 0 atom stereocenters. The molecule has 0 unspecified atom stereocenters. The van der Waals surface area contributed by atoms with Crippen molar-refractivity contribution < 1.29 is 49.4 Å². The number of phenols is 1. The van der Waals surface area contributed by atoms with Crippen LogP contribution in [0.5, 0.6) is 11.5 Å². The van der Waals surface area contributed by atoms with Crippen LogP contribution in [0.3, 0.4) is 0 Å². The minimum atomic E-state index is -4.68. The van der Waals surface area contributed by atoms with Crippen molar-refractivity contribution in [2.24, 2.45) is 0 Å². The third-order valence-corrected chi connectivity index (χ3v) is 6.30. The van der Waals surface area contributed by atoms with Gasteiger partial charge in [0.2, 0.25) is 0 Å². The summed E-state index contributed by atoms with van der Waals surface area (Å²) in [7, 11) is 0. The number of ether oxygens (including phenoxy) is 1. The Hall–Kier alpha value is -4.93. The first-order valence-corrected chi connectivity index (χ1v) is 11.9.